The fraction of sp³-hybridized carbons (Fsp3) is 0.889. The van der Waals surface area contributed by atoms with Crippen molar-refractivity contribution in [2.24, 2.45) is 17.8 Å². The molecule has 2 rings (SSSR count). The monoisotopic (exact) mass is 264 g/mol. The lowest BCUT2D eigenvalue weighted by Crippen LogP contribution is -2.28. The predicted octanol–water partition coefficient (Wildman–Crippen LogP) is 5.35. The van der Waals surface area contributed by atoms with Gasteiger partial charge in [0.25, 0.3) is 0 Å². The van der Waals surface area contributed by atoms with Gasteiger partial charge in [-0.25, -0.2) is 0 Å². The van der Waals surface area contributed by atoms with Crippen LogP contribution in [0.2, 0.25) is 0 Å². The van der Waals surface area contributed by atoms with Crippen molar-refractivity contribution in [1.29, 1.82) is 0 Å². The first-order chi connectivity index (χ1) is 9.33. The van der Waals surface area contributed by atoms with Crippen LogP contribution in [-0.4, -0.2) is 13.2 Å². The van der Waals surface area contributed by atoms with Crippen LogP contribution in [0.15, 0.2) is 12.2 Å². The van der Waals surface area contributed by atoms with E-state index in [1.54, 1.807) is 0 Å². The average Bonchev–Trinajstić information content (AvgIpc) is 2.48. The molecule has 2 aliphatic carbocycles. The first-order valence-electron chi connectivity index (χ1n) is 8.47. The van der Waals surface area contributed by atoms with Gasteiger partial charge in [0.1, 0.15) is 0 Å². The SMILES string of the molecule is CC=CCCC1CCC(C2CCC(OC)CC2)CC1. The molecule has 19 heavy (non-hydrogen) atoms. The smallest absolute Gasteiger partial charge is 0.0571 e. The number of allylic oxidation sites excluding steroid dienone is 2. The topological polar surface area (TPSA) is 9.23 Å². The fourth-order valence-electron chi connectivity index (χ4n) is 4.24. The Balaban J connectivity index is 1.66. The van der Waals surface area contributed by atoms with Crippen molar-refractivity contribution in [2.45, 2.75) is 77.2 Å². The lowest BCUT2D eigenvalue weighted by Gasteiger charge is -2.37. The van der Waals surface area contributed by atoms with Gasteiger partial charge in [0.2, 0.25) is 0 Å². The molecule has 0 bridgehead atoms. The molecule has 0 spiro atoms. The van der Waals surface area contributed by atoms with Crippen LogP contribution < -0.4 is 0 Å². The van der Waals surface area contributed by atoms with Crippen LogP contribution in [0.25, 0.3) is 0 Å². The maximum absolute atomic E-state index is 5.49. The standard InChI is InChI=1S/C18H32O/c1-3-4-5-6-15-7-9-16(10-8-15)17-11-13-18(19-2)14-12-17/h3-4,15-18H,5-14H2,1-2H3. The largest absolute Gasteiger partial charge is 0.381 e. The van der Waals surface area contributed by atoms with Crippen molar-refractivity contribution in [3.05, 3.63) is 12.2 Å². The molecule has 110 valence electrons. The number of hydrogen-bond donors (Lipinski definition) is 0. The number of rotatable bonds is 5. The Morgan fingerprint density at radius 3 is 2.00 bits per heavy atom. The van der Waals surface area contributed by atoms with E-state index in [2.05, 4.69) is 19.1 Å². The van der Waals surface area contributed by atoms with E-state index in [4.69, 9.17) is 4.74 Å². The Hall–Kier alpha value is -0.300. The second kappa shape index (κ2) is 8.09. The van der Waals surface area contributed by atoms with E-state index < -0.39 is 0 Å². The molecule has 1 nitrogen and oxygen atoms in total. The molecule has 2 aliphatic rings. The molecule has 2 fully saturated rings. The summed E-state index contributed by atoms with van der Waals surface area (Å²) in [4.78, 5) is 0. The van der Waals surface area contributed by atoms with E-state index in [0.29, 0.717) is 6.10 Å². The van der Waals surface area contributed by atoms with Crippen molar-refractivity contribution in [3.63, 3.8) is 0 Å². The zero-order chi connectivity index (χ0) is 13.5. The normalized spacial score (nSPS) is 36.7. The molecule has 1 heteroatoms. The number of ether oxygens (including phenoxy) is 1. The summed E-state index contributed by atoms with van der Waals surface area (Å²) in [6.07, 6.45) is 19.3. The van der Waals surface area contributed by atoms with E-state index in [1.807, 2.05) is 7.11 Å². The Kier molecular flexibility index (Phi) is 6.43. The minimum absolute atomic E-state index is 0.563. The Labute approximate surface area is 119 Å². The fourth-order valence-corrected chi connectivity index (χ4v) is 4.24. The lowest BCUT2D eigenvalue weighted by atomic mass is 9.70. The highest BCUT2D eigenvalue weighted by Gasteiger charge is 2.30. The second-order valence-corrected chi connectivity index (χ2v) is 6.70. The first-order valence-corrected chi connectivity index (χ1v) is 8.47. The van der Waals surface area contributed by atoms with Crippen molar-refractivity contribution >= 4 is 0 Å². The Morgan fingerprint density at radius 1 is 0.895 bits per heavy atom. The quantitative estimate of drug-likeness (QED) is 0.608. The Bertz CT molecular complexity index is 255. The second-order valence-electron chi connectivity index (χ2n) is 6.70. The molecule has 0 atom stereocenters. The molecule has 0 unspecified atom stereocenters. The zero-order valence-electron chi connectivity index (χ0n) is 12.9. The third-order valence-electron chi connectivity index (χ3n) is 5.59. The van der Waals surface area contributed by atoms with Crippen molar-refractivity contribution < 1.29 is 4.74 Å². The van der Waals surface area contributed by atoms with E-state index in [-0.39, 0.29) is 0 Å². The van der Waals surface area contributed by atoms with E-state index in [9.17, 15) is 0 Å². The van der Waals surface area contributed by atoms with Crippen molar-refractivity contribution in [3.8, 4) is 0 Å². The van der Waals surface area contributed by atoms with Gasteiger partial charge in [-0.3, -0.25) is 0 Å². The van der Waals surface area contributed by atoms with Gasteiger partial charge in [0, 0.05) is 7.11 Å². The third kappa shape index (κ3) is 4.63. The van der Waals surface area contributed by atoms with E-state index in [1.165, 1.54) is 64.2 Å². The molecule has 0 N–H and O–H groups in total. The highest BCUT2D eigenvalue weighted by Crippen LogP contribution is 2.41. The molecule has 2 saturated carbocycles. The summed E-state index contributed by atoms with van der Waals surface area (Å²) >= 11 is 0. The molecule has 0 saturated heterocycles. The van der Waals surface area contributed by atoms with Gasteiger partial charge < -0.3 is 4.74 Å². The molecule has 0 aromatic rings. The van der Waals surface area contributed by atoms with Crippen LogP contribution in [0.3, 0.4) is 0 Å². The maximum atomic E-state index is 5.49. The Morgan fingerprint density at radius 2 is 1.47 bits per heavy atom. The van der Waals surface area contributed by atoms with Gasteiger partial charge in [0.05, 0.1) is 6.10 Å². The number of hydrogen-bond acceptors (Lipinski definition) is 1. The minimum atomic E-state index is 0.563. The molecule has 0 aromatic carbocycles. The van der Waals surface area contributed by atoms with Gasteiger partial charge >= 0.3 is 0 Å². The molecule has 0 aliphatic heterocycles. The summed E-state index contributed by atoms with van der Waals surface area (Å²) in [5.41, 5.74) is 0. The van der Waals surface area contributed by atoms with Crippen LogP contribution in [0.5, 0.6) is 0 Å². The molecule has 0 amide bonds. The summed E-state index contributed by atoms with van der Waals surface area (Å²) in [6.45, 7) is 2.13. The maximum Gasteiger partial charge on any atom is 0.0571 e. The van der Waals surface area contributed by atoms with Crippen LogP contribution >= 0.6 is 0 Å². The first kappa shape index (κ1) is 15.1. The van der Waals surface area contributed by atoms with E-state index in [0.717, 1.165) is 17.8 Å². The summed E-state index contributed by atoms with van der Waals surface area (Å²) in [5.74, 6) is 3.07. The highest BCUT2D eigenvalue weighted by atomic mass is 16.5. The molecular formula is C18H32O. The third-order valence-corrected chi connectivity index (χ3v) is 5.59. The lowest BCUT2D eigenvalue weighted by molar-refractivity contribution is 0.0392. The van der Waals surface area contributed by atoms with Gasteiger partial charge in [0.15, 0.2) is 0 Å². The zero-order valence-corrected chi connectivity index (χ0v) is 12.9. The van der Waals surface area contributed by atoms with Crippen LogP contribution in [0, 0.1) is 17.8 Å². The average molecular weight is 264 g/mol. The van der Waals surface area contributed by atoms with Crippen LogP contribution in [0.1, 0.15) is 71.1 Å². The van der Waals surface area contributed by atoms with Crippen molar-refractivity contribution in [2.75, 3.05) is 7.11 Å². The van der Waals surface area contributed by atoms with Gasteiger partial charge in [-0.05, 0) is 76.0 Å². The summed E-state index contributed by atoms with van der Waals surface area (Å²) in [7, 11) is 1.88. The van der Waals surface area contributed by atoms with Crippen LogP contribution in [-0.2, 0) is 4.74 Å². The number of methoxy groups -OCH3 is 1. The van der Waals surface area contributed by atoms with Gasteiger partial charge in [-0.15, -0.1) is 0 Å². The van der Waals surface area contributed by atoms with Gasteiger partial charge in [-0.1, -0.05) is 25.0 Å². The van der Waals surface area contributed by atoms with Crippen molar-refractivity contribution in [1.82, 2.24) is 0 Å². The molecular weight excluding hydrogens is 232 g/mol. The summed E-state index contributed by atoms with van der Waals surface area (Å²) in [6, 6.07) is 0. The molecule has 0 aromatic heterocycles. The summed E-state index contributed by atoms with van der Waals surface area (Å²) < 4.78 is 5.49. The van der Waals surface area contributed by atoms with E-state index >= 15 is 0 Å². The molecule has 0 radical (unpaired) electrons. The minimum Gasteiger partial charge on any atom is -0.381 e. The summed E-state index contributed by atoms with van der Waals surface area (Å²) in [5, 5.41) is 0. The van der Waals surface area contributed by atoms with Gasteiger partial charge in [-0.2, -0.15) is 0 Å². The molecule has 0 heterocycles. The predicted molar refractivity (Wildman–Crippen MR) is 82.3 cm³/mol. The van der Waals surface area contributed by atoms with Crippen LogP contribution in [0.4, 0.5) is 0 Å². The highest BCUT2D eigenvalue weighted by molar-refractivity contribution is 4.84.